The minimum absolute atomic E-state index is 0.152. The minimum Gasteiger partial charge on any atom is -0.493 e. The van der Waals surface area contributed by atoms with E-state index in [1.165, 1.54) is 18.9 Å². The number of thioether (sulfide) groups is 1. The monoisotopic (exact) mass is 602 g/mol. The van der Waals surface area contributed by atoms with Gasteiger partial charge in [0.25, 0.3) is 11.8 Å². The first kappa shape index (κ1) is 26.2. The molecular formula is C26H20BrClN2O4S2. The SMILES string of the molecule is COc1cc(/C=C2\SC(=S)N(Cc3ccccc3)C2=O)cc(Br)c1OCC(=O)Nc1ccccc1Cl. The molecule has 0 radical (unpaired) electrons. The molecule has 0 unspecified atom stereocenters. The van der Waals surface area contributed by atoms with Crippen molar-refractivity contribution in [1.82, 2.24) is 4.90 Å². The number of rotatable bonds is 8. The van der Waals surface area contributed by atoms with Crippen LogP contribution in [0.4, 0.5) is 5.69 Å². The zero-order valence-corrected chi connectivity index (χ0v) is 23.0. The second-order valence-corrected chi connectivity index (χ2v) is 10.5. The van der Waals surface area contributed by atoms with Gasteiger partial charge in [-0.25, -0.2) is 0 Å². The van der Waals surface area contributed by atoms with Crippen molar-refractivity contribution in [3.05, 3.63) is 92.3 Å². The lowest BCUT2D eigenvalue weighted by Gasteiger charge is -2.14. The van der Waals surface area contributed by atoms with E-state index in [4.69, 9.17) is 33.3 Å². The van der Waals surface area contributed by atoms with Crippen LogP contribution in [0.1, 0.15) is 11.1 Å². The Balaban J connectivity index is 1.47. The Kier molecular flexibility index (Phi) is 8.68. The number of thiocarbonyl (C=S) groups is 1. The molecule has 0 saturated carbocycles. The maximum atomic E-state index is 13.0. The quantitative estimate of drug-likeness (QED) is 0.233. The van der Waals surface area contributed by atoms with E-state index in [0.717, 1.165) is 5.56 Å². The van der Waals surface area contributed by atoms with Crippen LogP contribution in [0.5, 0.6) is 11.5 Å². The number of methoxy groups -OCH3 is 1. The highest BCUT2D eigenvalue weighted by atomic mass is 79.9. The van der Waals surface area contributed by atoms with Crippen molar-refractivity contribution >= 4 is 79.4 Å². The summed E-state index contributed by atoms with van der Waals surface area (Å²) in [6.45, 7) is 0.163. The van der Waals surface area contributed by atoms with Crippen LogP contribution in [0.3, 0.4) is 0 Å². The molecule has 0 spiro atoms. The number of carbonyl (C=O) groups excluding carboxylic acids is 2. The molecule has 1 saturated heterocycles. The Bertz CT molecular complexity index is 1350. The topological polar surface area (TPSA) is 67.9 Å². The molecule has 10 heteroatoms. The Morgan fingerprint density at radius 1 is 1.17 bits per heavy atom. The number of carbonyl (C=O) groups is 2. The molecule has 1 N–H and O–H groups in total. The summed E-state index contributed by atoms with van der Waals surface area (Å²) >= 11 is 16.3. The number of nitrogens with zero attached hydrogens (tertiary/aromatic N) is 1. The summed E-state index contributed by atoms with van der Waals surface area (Å²) in [5.41, 5.74) is 2.21. The smallest absolute Gasteiger partial charge is 0.266 e. The fourth-order valence-corrected chi connectivity index (χ4v) is 5.42. The molecule has 0 atom stereocenters. The molecule has 3 aromatic carbocycles. The first-order valence-corrected chi connectivity index (χ1v) is 13.1. The van der Waals surface area contributed by atoms with Crippen LogP contribution in [0.2, 0.25) is 5.02 Å². The summed E-state index contributed by atoms with van der Waals surface area (Å²) < 4.78 is 12.3. The summed E-state index contributed by atoms with van der Waals surface area (Å²) in [5.74, 6) is 0.241. The first-order valence-electron chi connectivity index (χ1n) is 10.7. The van der Waals surface area contributed by atoms with Crippen molar-refractivity contribution in [3.63, 3.8) is 0 Å². The second kappa shape index (κ2) is 11.9. The van der Waals surface area contributed by atoms with E-state index >= 15 is 0 Å². The highest BCUT2D eigenvalue weighted by molar-refractivity contribution is 9.10. The van der Waals surface area contributed by atoms with E-state index in [2.05, 4.69) is 21.2 Å². The van der Waals surface area contributed by atoms with Crippen LogP contribution in [0, 0.1) is 0 Å². The van der Waals surface area contributed by atoms with Gasteiger partial charge in [-0.1, -0.05) is 78.0 Å². The molecule has 1 aliphatic rings. The molecule has 0 bridgehead atoms. The molecule has 4 rings (SSSR count). The fourth-order valence-electron chi connectivity index (χ4n) is 3.40. The number of amides is 2. The molecular weight excluding hydrogens is 584 g/mol. The highest BCUT2D eigenvalue weighted by Gasteiger charge is 2.32. The van der Waals surface area contributed by atoms with Crippen LogP contribution in [0.25, 0.3) is 6.08 Å². The van der Waals surface area contributed by atoms with Gasteiger partial charge < -0.3 is 14.8 Å². The maximum absolute atomic E-state index is 13.0. The van der Waals surface area contributed by atoms with E-state index < -0.39 is 0 Å². The van der Waals surface area contributed by atoms with Crippen LogP contribution in [-0.4, -0.2) is 34.8 Å². The van der Waals surface area contributed by atoms with Gasteiger partial charge in [-0.2, -0.15) is 0 Å². The Morgan fingerprint density at radius 2 is 1.89 bits per heavy atom. The molecule has 0 aromatic heterocycles. The van der Waals surface area contributed by atoms with Gasteiger partial charge in [0, 0.05) is 0 Å². The predicted molar refractivity (Wildman–Crippen MR) is 151 cm³/mol. The van der Waals surface area contributed by atoms with Gasteiger partial charge in [0.1, 0.15) is 4.32 Å². The molecule has 184 valence electrons. The lowest BCUT2D eigenvalue weighted by atomic mass is 10.1. The van der Waals surface area contributed by atoms with Gasteiger partial charge in [-0.15, -0.1) is 0 Å². The first-order chi connectivity index (χ1) is 17.4. The average molecular weight is 604 g/mol. The van der Waals surface area contributed by atoms with Gasteiger partial charge in [0.05, 0.1) is 33.7 Å². The maximum Gasteiger partial charge on any atom is 0.266 e. The fraction of sp³-hybridized carbons (Fsp3) is 0.115. The molecule has 1 heterocycles. The summed E-state index contributed by atoms with van der Waals surface area (Å²) in [7, 11) is 1.50. The van der Waals surface area contributed by atoms with E-state index in [1.807, 2.05) is 30.3 Å². The largest absolute Gasteiger partial charge is 0.493 e. The third kappa shape index (κ3) is 6.28. The van der Waals surface area contributed by atoms with Crippen molar-refractivity contribution in [3.8, 4) is 11.5 Å². The molecule has 3 aromatic rings. The lowest BCUT2D eigenvalue weighted by molar-refractivity contribution is -0.122. The van der Waals surface area contributed by atoms with Gasteiger partial charge >= 0.3 is 0 Å². The summed E-state index contributed by atoms with van der Waals surface area (Å²) in [4.78, 5) is 27.5. The van der Waals surface area contributed by atoms with Crippen molar-refractivity contribution in [2.24, 2.45) is 0 Å². The summed E-state index contributed by atoms with van der Waals surface area (Å²) in [5, 5.41) is 3.14. The molecule has 1 fully saturated rings. The molecule has 36 heavy (non-hydrogen) atoms. The van der Waals surface area contributed by atoms with E-state index in [1.54, 1.807) is 47.4 Å². The zero-order valence-electron chi connectivity index (χ0n) is 19.0. The van der Waals surface area contributed by atoms with Crippen molar-refractivity contribution in [2.45, 2.75) is 6.54 Å². The number of anilines is 1. The van der Waals surface area contributed by atoms with Gasteiger partial charge in [0.15, 0.2) is 18.1 Å². The number of nitrogens with one attached hydrogen (secondary N) is 1. The third-order valence-electron chi connectivity index (χ3n) is 5.10. The summed E-state index contributed by atoms with van der Waals surface area (Å²) in [6.07, 6.45) is 1.76. The van der Waals surface area contributed by atoms with Gasteiger partial charge in [-0.3, -0.25) is 14.5 Å². The van der Waals surface area contributed by atoms with Crippen LogP contribution >= 0.6 is 51.5 Å². The number of hydrogen-bond donors (Lipinski definition) is 1. The summed E-state index contributed by atoms with van der Waals surface area (Å²) in [6, 6.07) is 20.2. The number of hydrogen-bond acceptors (Lipinski definition) is 6. The number of ether oxygens (including phenoxy) is 2. The zero-order chi connectivity index (χ0) is 25.7. The van der Waals surface area contributed by atoms with Crippen molar-refractivity contribution in [2.75, 3.05) is 19.0 Å². The predicted octanol–water partition coefficient (Wildman–Crippen LogP) is 6.53. The Hall–Kier alpha value is -2.85. The van der Waals surface area contributed by atoms with Gasteiger partial charge in [-0.05, 0) is 57.4 Å². The Labute approximate surface area is 231 Å². The highest BCUT2D eigenvalue weighted by Crippen LogP contribution is 2.39. The number of halogens is 2. The Morgan fingerprint density at radius 3 is 2.61 bits per heavy atom. The normalized spacial score (nSPS) is 14.3. The van der Waals surface area contributed by atoms with E-state index in [9.17, 15) is 9.59 Å². The van der Waals surface area contributed by atoms with Crippen LogP contribution in [-0.2, 0) is 16.1 Å². The van der Waals surface area contributed by atoms with Crippen LogP contribution < -0.4 is 14.8 Å². The molecule has 1 aliphatic heterocycles. The standard InChI is InChI=1S/C26H20BrClN2O4S2/c1-33-21-12-17(13-22-25(32)30(26(35)36-22)14-16-7-3-2-4-8-16)11-18(27)24(21)34-15-23(31)29-20-10-6-5-9-19(20)28/h2-13H,14-15H2,1H3,(H,29,31)/b22-13-. The van der Waals surface area contributed by atoms with E-state index in [-0.39, 0.29) is 18.4 Å². The molecule has 6 nitrogen and oxygen atoms in total. The lowest BCUT2D eigenvalue weighted by Crippen LogP contribution is -2.27. The van der Waals surface area contributed by atoms with Crippen molar-refractivity contribution < 1.29 is 19.1 Å². The third-order valence-corrected chi connectivity index (χ3v) is 7.40. The van der Waals surface area contributed by atoms with Gasteiger partial charge in [0.2, 0.25) is 0 Å². The second-order valence-electron chi connectivity index (χ2n) is 7.60. The van der Waals surface area contributed by atoms with Crippen LogP contribution in [0.15, 0.2) is 76.1 Å². The number of benzene rings is 3. The minimum atomic E-state index is -0.372. The number of para-hydroxylation sites is 1. The molecule has 2 amide bonds. The van der Waals surface area contributed by atoms with Crippen molar-refractivity contribution in [1.29, 1.82) is 0 Å². The average Bonchev–Trinajstić information content (AvgIpc) is 3.12. The van der Waals surface area contributed by atoms with E-state index in [0.29, 0.717) is 48.0 Å². The molecule has 0 aliphatic carbocycles.